The molecule has 2 aromatic rings. The molecule has 0 bridgehead atoms. The standard InChI is InChI=1S/C14H19N5O/c1-20-10-12-16-14(18-17-12)11-5-4-8-19(9-11)13-6-2-3-7-15-13/h2-3,6-7,11H,4-5,8-10H2,1H3,(H,16,17,18)/t11-/m0/s1. The second kappa shape index (κ2) is 6.00. The topological polar surface area (TPSA) is 66.9 Å². The Bertz CT molecular complexity index is 542. The number of aromatic amines is 1. The van der Waals surface area contributed by atoms with E-state index in [1.54, 1.807) is 7.11 Å². The number of methoxy groups -OCH3 is 1. The smallest absolute Gasteiger partial charge is 0.155 e. The number of nitrogens with zero attached hydrogens (tertiary/aromatic N) is 4. The Hall–Kier alpha value is -1.95. The van der Waals surface area contributed by atoms with Crippen LogP contribution in [-0.2, 0) is 11.3 Å². The first-order valence-electron chi connectivity index (χ1n) is 6.93. The summed E-state index contributed by atoms with van der Waals surface area (Å²) >= 11 is 0. The van der Waals surface area contributed by atoms with E-state index in [-0.39, 0.29) is 0 Å². The van der Waals surface area contributed by atoms with E-state index in [4.69, 9.17) is 4.74 Å². The number of piperidine rings is 1. The maximum absolute atomic E-state index is 5.06. The number of hydrogen-bond acceptors (Lipinski definition) is 5. The Morgan fingerprint density at radius 2 is 2.40 bits per heavy atom. The van der Waals surface area contributed by atoms with Gasteiger partial charge in [0.25, 0.3) is 0 Å². The van der Waals surface area contributed by atoms with Gasteiger partial charge < -0.3 is 9.64 Å². The second-order valence-corrected chi connectivity index (χ2v) is 5.05. The summed E-state index contributed by atoms with van der Waals surface area (Å²) in [6.45, 7) is 2.44. The van der Waals surface area contributed by atoms with Crippen molar-refractivity contribution in [3.63, 3.8) is 0 Å². The number of H-pyrrole nitrogens is 1. The van der Waals surface area contributed by atoms with E-state index in [2.05, 4.69) is 31.1 Å². The third-order valence-electron chi connectivity index (χ3n) is 3.59. The van der Waals surface area contributed by atoms with E-state index in [0.29, 0.717) is 12.5 Å². The van der Waals surface area contributed by atoms with Gasteiger partial charge in [-0.2, -0.15) is 5.10 Å². The lowest BCUT2D eigenvalue weighted by molar-refractivity contribution is 0.178. The van der Waals surface area contributed by atoms with Crippen LogP contribution in [0.5, 0.6) is 0 Å². The van der Waals surface area contributed by atoms with Gasteiger partial charge in [-0.25, -0.2) is 9.97 Å². The van der Waals surface area contributed by atoms with Crippen LogP contribution >= 0.6 is 0 Å². The fraction of sp³-hybridized carbons (Fsp3) is 0.500. The van der Waals surface area contributed by atoms with Crippen LogP contribution in [0.15, 0.2) is 24.4 Å². The van der Waals surface area contributed by atoms with E-state index < -0.39 is 0 Å². The number of pyridine rings is 1. The second-order valence-electron chi connectivity index (χ2n) is 5.05. The quantitative estimate of drug-likeness (QED) is 0.919. The Morgan fingerprint density at radius 3 is 3.20 bits per heavy atom. The highest BCUT2D eigenvalue weighted by molar-refractivity contribution is 5.38. The molecule has 0 aromatic carbocycles. The molecule has 0 radical (unpaired) electrons. The van der Waals surface area contributed by atoms with Gasteiger partial charge in [0.2, 0.25) is 0 Å². The zero-order chi connectivity index (χ0) is 13.8. The summed E-state index contributed by atoms with van der Waals surface area (Å²) in [4.78, 5) is 11.2. The van der Waals surface area contributed by atoms with E-state index in [1.807, 2.05) is 18.3 Å². The van der Waals surface area contributed by atoms with Crippen LogP contribution < -0.4 is 4.90 Å². The largest absolute Gasteiger partial charge is 0.377 e. The molecule has 0 aliphatic carbocycles. The highest BCUT2D eigenvalue weighted by atomic mass is 16.5. The molecule has 2 aromatic heterocycles. The highest BCUT2D eigenvalue weighted by Crippen LogP contribution is 2.27. The van der Waals surface area contributed by atoms with Gasteiger partial charge >= 0.3 is 0 Å². The third kappa shape index (κ3) is 2.80. The van der Waals surface area contributed by atoms with Gasteiger partial charge in [-0.15, -0.1) is 0 Å². The average molecular weight is 273 g/mol. The lowest BCUT2D eigenvalue weighted by atomic mass is 9.97. The minimum atomic E-state index is 0.354. The van der Waals surface area contributed by atoms with Gasteiger partial charge in [0, 0.05) is 32.3 Å². The van der Waals surface area contributed by atoms with Crippen LogP contribution in [0.2, 0.25) is 0 Å². The predicted octanol–water partition coefficient (Wildman–Crippen LogP) is 1.73. The summed E-state index contributed by atoms with van der Waals surface area (Å²) in [7, 11) is 1.66. The van der Waals surface area contributed by atoms with E-state index in [1.165, 1.54) is 0 Å². The molecule has 1 aliphatic heterocycles. The van der Waals surface area contributed by atoms with Crippen molar-refractivity contribution in [3.8, 4) is 0 Å². The van der Waals surface area contributed by atoms with Gasteiger partial charge in [-0.1, -0.05) is 6.07 Å². The van der Waals surface area contributed by atoms with Gasteiger partial charge in [0.1, 0.15) is 12.4 Å². The molecule has 0 amide bonds. The van der Waals surface area contributed by atoms with Crippen molar-refractivity contribution in [2.45, 2.75) is 25.4 Å². The van der Waals surface area contributed by atoms with Gasteiger partial charge in [-0.05, 0) is 25.0 Å². The fourth-order valence-electron chi connectivity index (χ4n) is 2.63. The molecule has 0 unspecified atom stereocenters. The molecule has 6 nitrogen and oxygen atoms in total. The van der Waals surface area contributed by atoms with Gasteiger partial charge in [0.15, 0.2) is 11.6 Å². The highest BCUT2D eigenvalue weighted by Gasteiger charge is 2.25. The molecule has 3 rings (SSSR count). The Kier molecular flexibility index (Phi) is 3.92. The molecule has 0 saturated carbocycles. The SMILES string of the molecule is COCc1nc([C@H]2CCCN(c3ccccn3)C2)n[nH]1. The molecular weight excluding hydrogens is 254 g/mol. The molecule has 0 spiro atoms. The molecule has 20 heavy (non-hydrogen) atoms. The number of nitrogens with one attached hydrogen (secondary N) is 1. The predicted molar refractivity (Wildman–Crippen MR) is 75.5 cm³/mol. The van der Waals surface area contributed by atoms with Crippen LogP contribution in [0.4, 0.5) is 5.82 Å². The zero-order valence-corrected chi connectivity index (χ0v) is 11.6. The minimum absolute atomic E-state index is 0.354. The summed E-state index contributed by atoms with van der Waals surface area (Å²) in [5.74, 6) is 3.06. The number of ether oxygens (including phenoxy) is 1. The first kappa shape index (κ1) is 13.1. The summed E-state index contributed by atoms with van der Waals surface area (Å²) in [6.07, 6.45) is 4.09. The molecule has 1 aliphatic rings. The Labute approximate surface area is 118 Å². The normalized spacial score (nSPS) is 19.2. The van der Waals surface area contributed by atoms with Crippen molar-refractivity contribution in [3.05, 3.63) is 36.0 Å². The lowest BCUT2D eigenvalue weighted by Crippen LogP contribution is -2.35. The number of rotatable bonds is 4. The van der Waals surface area contributed by atoms with Crippen LogP contribution in [0.25, 0.3) is 0 Å². The van der Waals surface area contributed by atoms with E-state index in [9.17, 15) is 0 Å². The van der Waals surface area contributed by atoms with Crippen LogP contribution in [-0.4, -0.2) is 40.4 Å². The molecular formula is C14H19N5O. The maximum atomic E-state index is 5.06. The number of hydrogen-bond donors (Lipinski definition) is 1. The van der Waals surface area contributed by atoms with Crippen molar-refractivity contribution in [1.82, 2.24) is 20.2 Å². The summed E-state index contributed by atoms with van der Waals surface area (Å²) in [6, 6.07) is 6.02. The van der Waals surface area contributed by atoms with Crippen LogP contribution in [0, 0.1) is 0 Å². The monoisotopic (exact) mass is 273 g/mol. The molecule has 106 valence electrons. The third-order valence-corrected chi connectivity index (χ3v) is 3.59. The minimum Gasteiger partial charge on any atom is -0.377 e. The molecule has 6 heteroatoms. The fourth-order valence-corrected chi connectivity index (χ4v) is 2.63. The van der Waals surface area contributed by atoms with Crippen LogP contribution in [0.3, 0.4) is 0 Å². The molecule has 1 atom stereocenters. The number of aromatic nitrogens is 4. The average Bonchev–Trinajstić information content (AvgIpc) is 2.97. The maximum Gasteiger partial charge on any atom is 0.155 e. The van der Waals surface area contributed by atoms with Crippen molar-refractivity contribution < 1.29 is 4.74 Å². The zero-order valence-electron chi connectivity index (χ0n) is 11.6. The Morgan fingerprint density at radius 1 is 1.45 bits per heavy atom. The van der Waals surface area contributed by atoms with Gasteiger partial charge in [-0.3, -0.25) is 5.10 Å². The van der Waals surface area contributed by atoms with E-state index >= 15 is 0 Å². The summed E-state index contributed by atoms with van der Waals surface area (Å²) < 4.78 is 5.06. The number of anilines is 1. The summed E-state index contributed by atoms with van der Waals surface area (Å²) in [5, 5.41) is 7.26. The lowest BCUT2D eigenvalue weighted by Gasteiger charge is -2.32. The van der Waals surface area contributed by atoms with Crippen LogP contribution in [0.1, 0.15) is 30.4 Å². The molecule has 1 N–H and O–H groups in total. The first-order valence-corrected chi connectivity index (χ1v) is 6.93. The van der Waals surface area contributed by atoms with E-state index in [0.717, 1.165) is 43.4 Å². The first-order chi connectivity index (χ1) is 9.86. The Balaban J connectivity index is 1.71. The molecule has 1 fully saturated rings. The molecule has 1 saturated heterocycles. The van der Waals surface area contributed by atoms with Crippen molar-refractivity contribution in [2.24, 2.45) is 0 Å². The summed E-state index contributed by atoms with van der Waals surface area (Å²) in [5.41, 5.74) is 0. The van der Waals surface area contributed by atoms with Crippen molar-refractivity contribution in [1.29, 1.82) is 0 Å². The van der Waals surface area contributed by atoms with Crippen molar-refractivity contribution >= 4 is 5.82 Å². The molecule has 3 heterocycles. The van der Waals surface area contributed by atoms with Gasteiger partial charge in [0.05, 0.1) is 0 Å². The van der Waals surface area contributed by atoms with Crippen molar-refractivity contribution in [2.75, 3.05) is 25.1 Å².